The molecule has 0 aromatic carbocycles. The van der Waals surface area contributed by atoms with Crippen LogP contribution in [-0.2, 0) is 4.79 Å². The van der Waals surface area contributed by atoms with Gasteiger partial charge in [-0.15, -0.1) is 0 Å². The maximum Gasteiger partial charge on any atom is 0.132 e. The van der Waals surface area contributed by atoms with Crippen LogP contribution in [0.3, 0.4) is 0 Å². The molecule has 1 saturated carbocycles. The highest BCUT2D eigenvalue weighted by Gasteiger charge is 2.09. The second-order valence-corrected chi connectivity index (χ2v) is 2.39. The van der Waals surface area contributed by atoms with Crippen LogP contribution in [0.2, 0.25) is 0 Å². The van der Waals surface area contributed by atoms with E-state index in [4.69, 9.17) is 0 Å². The Hall–Kier alpha value is -0.330. The van der Waals surface area contributed by atoms with Crippen molar-refractivity contribution < 1.29 is 4.79 Å². The zero-order valence-corrected chi connectivity index (χ0v) is 6.44. The number of unbranched alkanes of at least 4 members (excludes halogenated alkanes) is 1. The molecule has 0 unspecified atom stereocenters. The average Bonchev–Trinajstić information content (AvgIpc) is 1.84. The predicted octanol–water partition coefficient (Wildman–Crippen LogP) is 2.55. The SMILES string of the molecule is CCCC.O=C1CCC1. The van der Waals surface area contributed by atoms with Crippen LogP contribution in [0.5, 0.6) is 0 Å². The van der Waals surface area contributed by atoms with Crippen LogP contribution in [0.25, 0.3) is 0 Å². The van der Waals surface area contributed by atoms with Gasteiger partial charge in [-0.25, -0.2) is 0 Å². The molecule has 1 aliphatic carbocycles. The lowest BCUT2D eigenvalue weighted by Gasteiger charge is -2.05. The van der Waals surface area contributed by atoms with Crippen LogP contribution in [0, 0.1) is 0 Å². The van der Waals surface area contributed by atoms with Crippen molar-refractivity contribution in [2.75, 3.05) is 0 Å². The molecule has 9 heavy (non-hydrogen) atoms. The minimum absolute atomic E-state index is 0.435. The first kappa shape index (κ1) is 8.67. The number of rotatable bonds is 1. The highest BCUT2D eigenvalue weighted by molar-refractivity contribution is 5.83. The molecule has 0 spiro atoms. The molecule has 0 N–H and O–H groups in total. The van der Waals surface area contributed by atoms with Crippen LogP contribution in [0.15, 0.2) is 0 Å². The normalized spacial score (nSPS) is 15.6. The van der Waals surface area contributed by atoms with Crippen LogP contribution < -0.4 is 0 Å². The molecule has 0 aromatic rings. The fourth-order valence-corrected chi connectivity index (χ4v) is 0.321. The molecule has 0 atom stereocenters. The van der Waals surface area contributed by atoms with E-state index in [2.05, 4.69) is 13.8 Å². The minimum Gasteiger partial charge on any atom is -0.300 e. The quantitative estimate of drug-likeness (QED) is 0.530. The molecular weight excluding hydrogens is 112 g/mol. The Morgan fingerprint density at radius 3 is 1.56 bits per heavy atom. The number of hydrogen-bond donors (Lipinski definition) is 0. The van der Waals surface area contributed by atoms with Crippen LogP contribution in [-0.4, -0.2) is 5.78 Å². The smallest absolute Gasteiger partial charge is 0.132 e. The van der Waals surface area contributed by atoms with Crippen molar-refractivity contribution in [1.82, 2.24) is 0 Å². The molecule has 0 aromatic heterocycles. The van der Waals surface area contributed by atoms with E-state index in [1.807, 2.05) is 0 Å². The van der Waals surface area contributed by atoms with Crippen molar-refractivity contribution in [2.45, 2.75) is 46.0 Å². The first-order valence-corrected chi connectivity index (χ1v) is 3.83. The van der Waals surface area contributed by atoms with Gasteiger partial charge in [0.1, 0.15) is 5.78 Å². The second-order valence-electron chi connectivity index (χ2n) is 2.39. The largest absolute Gasteiger partial charge is 0.300 e. The Labute approximate surface area is 57.5 Å². The molecule has 0 saturated heterocycles. The lowest BCUT2D eigenvalue weighted by Crippen LogP contribution is -2.07. The number of hydrogen-bond acceptors (Lipinski definition) is 1. The molecule has 0 heterocycles. The molecule has 54 valence electrons. The van der Waals surface area contributed by atoms with Crippen LogP contribution >= 0.6 is 0 Å². The van der Waals surface area contributed by atoms with Crippen molar-refractivity contribution in [3.8, 4) is 0 Å². The Bertz CT molecular complexity index is 68.6. The molecule has 1 rings (SSSR count). The van der Waals surface area contributed by atoms with Gasteiger partial charge in [0, 0.05) is 12.8 Å². The number of ketones is 1. The first-order chi connectivity index (χ1) is 4.31. The van der Waals surface area contributed by atoms with Crippen molar-refractivity contribution in [1.29, 1.82) is 0 Å². The Morgan fingerprint density at radius 2 is 1.56 bits per heavy atom. The van der Waals surface area contributed by atoms with E-state index in [0.29, 0.717) is 5.78 Å². The molecule has 0 radical (unpaired) electrons. The van der Waals surface area contributed by atoms with Gasteiger partial charge < -0.3 is 0 Å². The summed E-state index contributed by atoms with van der Waals surface area (Å²) in [7, 11) is 0. The Morgan fingerprint density at radius 1 is 1.22 bits per heavy atom. The Kier molecular flexibility index (Phi) is 5.59. The lowest BCUT2D eigenvalue weighted by molar-refractivity contribution is -0.123. The van der Waals surface area contributed by atoms with Crippen molar-refractivity contribution in [3.63, 3.8) is 0 Å². The average molecular weight is 128 g/mol. The second kappa shape index (κ2) is 5.80. The summed E-state index contributed by atoms with van der Waals surface area (Å²) in [6.07, 6.45) is 5.47. The summed E-state index contributed by atoms with van der Waals surface area (Å²) in [4.78, 5) is 9.90. The van der Waals surface area contributed by atoms with E-state index in [9.17, 15) is 4.79 Å². The number of carbonyl (C=O) groups excluding carboxylic acids is 1. The van der Waals surface area contributed by atoms with Gasteiger partial charge in [0.05, 0.1) is 0 Å². The maximum atomic E-state index is 9.90. The van der Waals surface area contributed by atoms with E-state index in [0.717, 1.165) is 19.3 Å². The molecule has 1 heteroatoms. The molecule has 0 bridgehead atoms. The standard InChI is InChI=1S/C4H6O.C4H10/c5-4-2-1-3-4;1-3-4-2/h1-3H2;3-4H2,1-2H3. The lowest BCUT2D eigenvalue weighted by atomic mass is 9.99. The molecule has 1 nitrogen and oxygen atoms in total. The highest BCUT2D eigenvalue weighted by Crippen LogP contribution is 2.10. The van der Waals surface area contributed by atoms with Crippen molar-refractivity contribution in [2.24, 2.45) is 0 Å². The van der Waals surface area contributed by atoms with Gasteiger partial charge in [-0.1, -0.05) is 26.7 Å². The zero-order chi connectivity index (χ0) is 7.11. The van der Waals surface area contributed by atoms with Crippen LogP contribution in [0.4, 0.5) is 0 Å². The van der Waals surface area contributed by atoms with E-state index >= 15 is 0 Å². The van der Waals surface area contributed by atoms with E-state index < -0.39 is 0 Å². The third-order valence-corrected chi connectivity index (χ3v) is 1.41. The van der Waals surface area contributed by atoms with Crippen molar-refractivity contribution in [3.05, 3.63) is 0 Å². The third kappa shape index (κ3) is 5.54. The topological polar surface area (TPSA) is 17.1 Å². The molecule has 1 aliphatic rings. The summed E-state index contributed by atoms with van der Waals surface area (Å²) in [6, 6.07) is 0. The van der Waals surface area contributed by atoms with E-state index in [-0.39, 0.29) is 0 Å². The molecular formula is C8H16O. The summed E-state index contributed by atoms with van der Waals surface area (Å²) in [6.45, 7) is 4.36. The summed E-state index contributed by atoms with van der Waals surface area (Å²) in [5.41, 5.74) is 0. The van der Waals surface area contributed by atoms with Gasteiger partial charge >= 0.3 is 0 Å². The highest BCUT2D eigenvalue weighted by atomic mass is 16.1. The number of carbonyl (C=O) groups is 1. The fraction of sp³-hybridized carbons (Fsp3) is 0.875. The summed E-state index contributed by atoms with van der Waals surface area (Å²) in [5, 5.41) is 0. The maximum absolute atomic E-state index is 9.90. The van der Waals surface area contributed by atoms with E-state index in [1.54, 1.807) is 0 Å². The number of Topliss-reactive ketones (excluding diaryl/α,β-unsaturated/α-hetero) is 1. The monoisotopic (exact) mass is 128 g/mol. The fourth-order valence-electron chi connectivity index (χ4n) is 0.321. The van der Waals surface area contributed by atoms with Gasteiger partial charge in [-0.3, -0.25) is 4.79 Å². The van der Waals surface area contributed by atoms with Crippen LogP contribution in [0.1, 0.15) is 46.0 Å². The summed E-state index contributed by atoms with van der Waals surface area (Å²) >= 11 is 0. The predicted molar refractivity (Wildman–Crippen MR) is 39.4 cm³/mol. The minimum atomic E-state index is 0.435. The van der Waals surface area contributed by atoms with Crippen molar-refractivity contribution >= 4 is 5.78 Å². The molecule has 0 aliphatic heterocycles. The molecule has 0 amide bonds. The van der Waals surface area contributed by atoms with Gasteiger partial charge in [0.25, 0.3) is 0 Å². The zero-order valence-electron chi connectivity index (χ0n) is 6.44. The first-order valence-electron chi connectivity index (χ1n) is 3.83. The summed E-state index contributed by atoms with van der Waals surface area (Å²) in [5.74, 6) is 0.435. The van der Waals surface area contributed by atoms with Gasteiger partial charge in [-0.2, -0.15) is 0 Å². The van der Waals surface area contributed by atoms with Gasteiger partial charge in [-0.05, 0) is 6.42 Å². The third-order valence-electron chi connectivity index (χ3n) is 1.41. The summed E-state index contributed by atoms with van der Waals surface area (Å²) < 4.78 is 0. The van der Waals surface area contributed by atoms with Gasteiger partial charge in [0.2, 0.25) is 0 Å². The Balaban J connectivity index is 0.000000148. The molecule has 1 fully saturated rings. The van der Waals surface area contributed by atoms with Gasteiger partial charge in [0.15, 0.2) is 0 Å². The van der Waals surface area contributed by atoms with E-state index in [1.165, 1.54) is 12.8 Å².